The fourth-order valence-corrected chi connectivity index (χ4v) is 4.51. The van der Waals surface area contributed by atoms with Crippen LogP contribution in [-0.2, 0) is 19.9 Å². The lowest BCUT2D eigenvalue weighted by Gasteiger charge is -2.31. The minimum absolute atomic E-state index is 0.100. The fourth-order valence-electron chi connectivity index (χ4n) is 4.39. The van der Waals surface area contributed by atoms with Crippen LogP contribution in [0.2, 0.25) is 5.02 Å². The molecule has 5 amide bonds. The minimum Gasteiger partial charge on any atom is -0.463 e. The Kier molecular flexibility index (Phi) is 6.79. The summed E-state index contributed by atoms with van der Waals surface area (Å²) < 4.78 is 5.25. The van der Waals surface area contributed by atoms with E-state index in [1.807, 2.05) is 6.07 Å². The molecule has 1 saturated heterocycles. The molecule has 182 valence electrons. The zero-order valence-corrected chi connectivity index (χ0v) is 20.0. The molecule has 0 spiro atoms. The number of nitrogens with zero attached hydrogens (tertiary/aromatic N) is 1. The van der Waals surface area contributed by atoms with Crippen LogP contribution in [0.5, 0.6) is 0 Å². The second kappa shape index (κ2) is 9.79. The van der Waals surface area contributed by atoms with E-state index in [4.69, 9.17) is 16.3 Å². The van der Waals surface area contributed by atoms with Gasteiger partial charge in [-0.05, 0) is 36.6 Å². The SMILES string of the molecule is CCOC(=O)C1=C(CN2C(=O)NC(CC)(c3ccccc3)C2=O)NC(=O)NC1c1ccc(Cl)cc1. The van der Waals surface area contributed by atoms with Crippen molar-refractivity contribution in [3.8, 4) is 0 Å². The summed E-state index contributed by atoms with van der Waals surface area (Å²) in [5.74, 6) is -1.14. The lowest BCUT2D eigenvalue weighted by molar-refractivity contribution is -0.139. The fraction of sp³-hybridized carbons (Fsp3) is 0.280. The molecule has 2 heterocycles. The Bertz CT molecular complexity index is 1200. The van der Waals surface area contributed by atoms with Crippen LogP contribution in [0.25, 0.3) is 0 Å². The van der Waals surface area contributed by atoms with Crippen molar-refractivity contribution < 1.29 is 23.9 Å². The van der Waals surface area contributed by atoms with Gasteiger partial charge in [0.1, 0.15) is 5.54 Å². The Morgan fingerprint density at radius 1 is 1.06 bits per heavy atom. The smallest absolute Gasteiger partial charge is 0.338 e. The van der Waals surface area contributed by atoms with E-state index in [1.165, 1.54) is 0 Å². The summed E-state index contributed by atoms with van der Waals surface area (Å²) in [5, 5.41) is 8.62. The monoisotopic (exact) mass is 496 g/mol. The normalized spacial score (nSPS) is 22.0. The first-order valence-electron chi connectivity index (χ1n) is 11.2. The van der Waals surface area contributed by atoms with E-state index in [0.717, 1.165) is 4.90 Å². The van der Waals surface area contributed by atoms with Crippen LogP contribution in [0.15, 0.2) is 65.9 Å². The first-order valence-corrected chi connectivity index (χ1v) is 11.6. The predicted octanol–water partition coefficient (Wildman–Crippen LogP) is 3.37. The van der Waals surface area contributed by atoms with Gasteiger partial charge in [-0.1, -0.05) is 61.0 Å². The molecule has 2 atom stereocenters. The molecule has 0 bridgehead atoms. The van der Waals surface area contributed by atoms with E-state index in [0.29, 0.717) is 22.6 Å². The summed E-state index contributed by atoms with van der Waals surface area (Å²) in [6.07, 6.45) is 0.323. The van der Waals surface area contributed by atoms with E-state index >= 15 is 0 Å². The number of carbonyl (C=O) groups excluding carboxylic acids is 4. The van der Waals surface area contributed by atoms with E-state index in [1.54, 1.807) is 62.4 Å². The second-order valence-corrected chi connectivity index (χ2v) is 8.58. The average Bonchev–Trinajstić information content (AvgIpc) is 3.10. The second-order valence-electron chi connectivity index (χ2n) is 8.14. The third-order valence-corrected chi connectivity index (χ3v) is 6.39. The van der Waals surface area contributed by atoms with Crippen LogP contribution < -0.4 is 16.0 Å². The van der Waals surface area contributed by atoms with Crippen molar-refractivity contribution in [3.63, 3.8) is 0 Å². The number of halogens is 1. The van der Waals surface area contributed by atoms with Crippen molar-refractivity contribution in [1.82, 2.24) is 20.9 Å². The number of urea groups is 2. The average molecular weight is 497 g/mol. The standard InChI is InChI=1S/C25H25ClN4O5/c1-3-25(16-8-6-5-7-9-16)22(32)30(24(34)29-25)14-18-19(21(31)35-4-2)20(28-23(33)27-18)15-10-12-17(26)13-11-15/h5-13,20H,3-4,14H2,1-2H3,(H,29,34)(H2,27,28,33). The Morgan fingerprint density at radius 3 is 2.37 bits per heavy atom. The van der Waals surface area contributed by atoms with Gasteiger partial charge in [0.25, 0.3) is 5.91 Å². The van der Waals surface area contributed by atoms with E-state index < -0.39 is 35.5 Å². The molecule has 2 aromatic rings. The van der Waals surface area contributed by atoms with Gasteiger partial charge in [-0.3, -0.25) is 9.69 Å². The summed E-state index contributed by atoms with van der Waals surface area (Å²) >= 11 is 6.00. The van der Waals surface area contributed by atoms with Gasteiger partial charge in [0.05, 0.1) is 30.5 Å². The minimum atomic E-state index is -1.24. The highest BCUT2D eigenvalue weighted by Gasteiger charge is 2.51. The maximum Gasteiger partial charge on any atom is 0.338 e. The maximum atomic E-state index is 13.6. The maximum absolute atomic E-state index is 13.6. The van der Waals surface area contributed by atoms with Gasteiger partial charge in [-0.25, -0.2) is 14.4 Å². The summed E-state index contributed by atoms with van der Waals surface area (Å²) in [6, 6.07) is 13.5. The zero-order chi connectivity index (χ0) is 25.2. The lowest BCUT2D eigenvalue weighted by Crippen LogP contribution is -2.49. The summed E-state index contributed by atoms with van der Waals surface area (Å²) in [6.45, 7) is 3.26. The van der Waals surface area contributed by atoms with Crippen LogP contribution >= 0.6 is 11.6 Å². The molecular weight excluding hydrogens is 472 g/mol. The van der Waals surface area contributed by atoms with Gasteiger partial charge >= 0.3 is 18.0 Å². The number of rotatable bonds is 7. The van der Waals surface area contributed by atoms with Crippen molar-refractivity contribution in [3.05, 3.63) is 82.0 Å². The van der Waals surface area contributed by atoms with Crippen molar-refractivity contribution in [2.24, 2.45) is 0 Å². The van der Waals surface area contributed by atoms with Crippen LogP contribution in [0, 0.1) is 0 Å². The molecule has 3 N–H and O–H groups in total. The van der Waals surface area contributed by atoms with Gasteiger partial charge in [-0.15, -0.1) is 0 Å². The molecule has 0 aromatic heterocycles. The quantitative estimate of drug-likeness (QED) is 0.401. The Hall–Kier alpha value is -3.85. The number of imide groups is 1. The molecule has 2 unspecified atom stereocenters. The molecular formula is C25H25ClN4O5. The molecule has 2 aliphatic rings. The van der Waals surface area contributed by atoms with Crippen molar-refractivity contribution in [2.45, 2.75) is 31.8 Å². The number of carbonyl (C=O) groups is 4. The molecule has 35 heavy (non-hydrogen) atoms. The lowest BCUT2D eigenvalue weighted by atomic mass is 9.87. The van der Waals surface area contributed by atoms with Crippen LogP contribution in [0.1, 0.15) is 37.4 Å². The van der Waals surface area contributed by atoms with Gasteiger partial charge in [0.2, 0.25) is 0 Å². The molecule has 0 saturated carbocycles. The molecule has 0 radical (unpaired) electrons. The Labute approximate surface area is 207 Å². The Morgan fingerprint density at radius 2 is 1.74 bits per heavy atom. The number of esters is 1. The summed E-state index contributed by atoms with van der Waals surface area (Å²) in [4.78, 5) is 53.1. The highest BCUT2D eigenvalue weighted by molar-refractivity contribution is 6.30. The number of hydrogen-bond acceptors (Lipinski definition) is 5. The van der Waals surface area contributed by atoms with Gasteiger partial charge in [0.15, 0.2) is 0 Å². The van der Waals surface area contributed by atoms with Crippen LogP contribution in [0.3, 0.4) is 0 Å². The molecule has 2 aromatic carbocycles. The number of nitrogens with one attached hydrogen (secondary N) is 3. The number of hydrogen-bond donors (Lipinski definition) is 3. The zero-order valence-electron chi connectivity index (χ0n) is 19.3. The van der Waals surface area contributed by atoms with Gasteiger partial charge < -0.3 is 20.7 Å². The van der Waals surface area contributed by atoms with Crippen molar-refractivity contribution >= 4 is 35.5 Å². The number of amides is 5. The first kappa shape index (κ1) is 24.3. The van der Waals surface area contributed by atoms with E-state index in [9.17, 15) is 19.2 Å². The van der Waals surface area contributed by atoms with Crippen LogP contribution in [0.4, 0.5) is 9.59 Å². The van der Waals surface area contributed by atoms with Crippen molar-refractivity contribution in [2.75, 3.05) is 13.2 Å². The van der Waals surface area contributed by atoms with Crippen LogP contribution in [-0.4, -0.2) is 42.0 Å². The van der Waals surface area contributed by atoms with Crippen molar-refractivity contribution in [1.29, 1.82) is 0 Å². The predicted molar refractivity (Wildman–Crippen MR) is 128 cm³/mol. The molecule has 10 heteroatoms. The molecule has 1 fully saturated rings. The van der Waals surface area contributed by atoms with Gasteiger partial charge in [0, 0.05) is 5.02 Å². The molecule has 9 nitrogen and oxygen atoms in total. The third-order valence-electron chi connectivity index (χ3n) is 6.14. The Balaban J connectivity index is 1.75. The largest absolute Gasteiger partial charge is 0.463 e. The topological polar surface area (TPSA) is 117 Å². The molecule has 2 aliphatic heterocycles. The highest BCUT2D eigenvalue weighted by atomic mass is 35.5. The molecule has 0 aliphatic carbocycles. The first-order chi connectivity index (χ1) is 16.8. The van der Waals surface area contributed by atoms with E-state index in [2.05, 4.69) is 16.0 Å². The van der Waals surface area contributed by atoms with Gasteiger partial charge in [-0.2, -0.15) is 0 Å². The number of ether oxygens (including phenoxy) is 1. The summed E-state index contributed by atoms with van der Waals surface area (Å²) in [7, 11) is 0. The van der Waals surface area contributed by atoms with E-state index in [-0.39, 0.29) is 24.4 Å². The number of benzene rings is 2. The highest BCUT2D eigenvalue weighted by Crippen LogP contribution is 2.34. The molecule has 4 rings (SSSR count). The third kappa shape index (κ3) is 4.46. The summed E-state index contributed by atoms with van der Waals surface area (Å²) in [5.41, 5.74) is 0.208.